The molecule has 0 saturated carbocycles. The van der Waals surface area contributed by atoms with Gasteiger partial charge in [-0.05, 0) is 25.2 Å². The van der Waals surface area contributed by atoms with Gasteiger partial charge in [0.1, 0.15) is 5.82 Å². The lowest BCUT2D eigenvalue weighted by molar-refractivity contribution is 0.0947. The van der Waals surface area contributed by atoms with Crippen LogP contribution in [0.4, 0.5) is 5.82 Å². The number of aromatic nitrogens is 1. The van der Waals surface area contributed by atoms with Gasteiger partial charge in [-0.3, -0.25) is 4.79 Å². The van der Waals surface area contributed by atoms with E-state index >= 15 is 0 Å². The maximum atomic E-state index is 12.7. The molecule has 1 aliphatic rings. The fourth-order valence-electron chi connectivity index (χ4n) is 3.21. The molecule has 1 aliphatic heterocycles. The van der Waals surface area contributed by atoms with Gasteiger partial charge in [0, 0.05) is 44.5 Å². The van der Waals surface area contributed by atoms with Crippen LogP contribution in [-0.4, -0.2) is 63.2 Å². The number of amides is 1. The maximum absolute atomic E-state index is 12.7. The summed E-state index contributed by atoms with van der Waals surface area (Å²) in [6.45, 7) is 4.26. The molecular weight excluding hydrogens is 344 g/mol. The fourth-order valence-corrected chi connectivity index (χ4v) is 3.21. The third-order valence-corrected chi connectivity index (χ3v) is 4.76. The van der Waals surface area contributed by atoms with Crippen LogP contribution in [0.1, 0.15) is 15.9 Å². The first-order valence-electron chi connectivity index (χ1n) is 9.00. The van der Waals surface area contributed by atoms with Crippen molar-refractivity contribution >= 4 is 11.7 Å². The monoisotopic (exact) mass is 370 g/mol. The Hall–Kier alpha value is -2.80. The van der Waals surface area contributed by atoms with Crippen molar-refractivity contribution in [2.24, 2.45) is 0 Å². The van der Waals surface area contributed by atoms with E-state index in [1.165, 1.54) is 7.11 Å². The van der Waals surface area contributed by atoms with Gasteiger partial charge >= 0.3 is 0 Å². The molecule has 7 heteroatoms. The van der Waals surface area contributed by atoms with Crippen molar-refractivity contribution in [1.29, 1.82) is 0 Å². The van der Waals surface area contributed by atoms with Crippen LogP contribution in [0, 0.1) is 0 Å². The number of likely N-dealkylation sites (N-methyl/N-ethyl adjacent to an activating group) is 1. The molecule has 1 N–H and O–H groups in total. The molecule has 3 rings (SSSR count). The van der Waals surface area contributed by atoms with Crippen LogP contribution in [-0.2, 0) is 6.54 Å². The van der Waals surface area contributed by atoms with E-state index in [-0.39, 0.29) is 5.91 Å². The number of rotatable bonds is 6. The quantitative estimate of drug-likeness (QED) is 0.836. The molecule has 1 amide bonds. The first kappa shape index (κ1) is 19.0. The highest BCUT2D eigenvalue weighted by Gasteiger charge is 2.20. The van der Waals surface area contributed by atoms with Crippen LogP contribution in [0.25, 0.3) is 0 Å². The van der Waals surface area contributed by atoms with Crippen molar-refractivity contribution < 1.29 is 14.3 Å². The third-order valence-electron chi connectivity index (χ3n) is 4.76. The lowest BCUT2D eigenvalue weighted by Gasteiger charge is -2.34. The van der Waals surface area contributed by atoms with Crippen molar-refractivity contribution in [3.63, 3.8) is 0 Å². The van der Waals surface area contributed by atoms with E-state index in [0.29, 0.717) is 23.6 Å². The molecule has 0 radical (unpaired) electrons. The second kappa shape index (κ2) is 8.73. The molecule has 27 heavy (non-hydrogen) atoms. The Balaban J connectivity index is 1.73. The average Bonchev–Trinajstić information content (AvgIpc) is 2.72. The van der Waals surface area contributed by atoms with Gasteiger partial charge in [0.25, 0.3) is 5.91 Å². The number of carbonyl (C=O) groups is 1. The van der Waals surface area contributed by atoms with E-state index in [2.05, 4.69) is 27.1 Å². The lowest BCUT2D eigenvalue weighted by atomic mass is 10.1. The largest absolute Gasteiger partial charge is 0.493 e. The number of methoxy groups -OCH3 is 2. The predicted molar refractivity (Wildman–Crippen MR) is 105 cm³/mol. The first-order chi connectivity index (χ1) is 13.1. The minimum atomic E-state index is -0.209. The third kappa shape index (κ3) is 4.31. The minimum absolute atomic E-state index is 0.209. The van der Waals surface area contributed by atoms with Gasteiger partial charge in [-0.15, -0.1) is 0 Å². The molecule has 2 heterocycles. The molecule has 0 aliphatic carbocycles. The van der Waals surface area contributed by atoms with Crippen LogP contribution in [0.5, 0.6) is 11.5 Å². The lowest BCUT2D eigenvalue weighted by Crippen LogP contribution is -2.45. The molecule has 2 aromatic rings. The summed E-state index contributed by atoms with van der Waals surface area (Å²) in [4.78, 5) is 21.8. The van der Waals surface area contributed by atoms with E-state index in [4.69, 9.17) is 9.47 Å². The number of piperazine rings is 1. The summed E-state index contributed by atoms with van der Waals surface area (Å²) < 4.78 is 10.6. The minimum Gasteiger partial charge on any atom is -0.493 e. The molecule has 0 atom stereocenters. The summed E-state index contributed by atoms with van der Waals surface area (Å²) >= 11 is 0. The SMILES string of the molecule is COc1cccc(C(=O)NCc2cccnc2N2CCN(C)CC2)c1OC. The molecule has 1 aromatic heterocycles. The van der Waals surface area contributed by atoms with Gasteiger partial charge in [-0.2, -0.15) is 0 Å². The molecule has 1 saturated heterocycles. The zero-order valence-corrected chi connectivity index (χ0v) is 16.1. The van der Waals surface area contributed by atoms with Crippen LogP contribution in [0.2, 0.25) is 0 Å². The molecule has 0 unspecified atom stereocenters. The smallest absolute Gasteiger partial charge is 0.255 e. The van der Waals surface area contributed by atoms with Crippen molar-refractivity contribution in [2.75, 3.05) is 52.3 Å². The molecule has 1 aromatic carbocycles. The summed E-state index contributed by atoms with van der Waals surface area (Å²) in [5.74, 6) is 1.69. The Kier molecular flexibility index (Phi) is 6.13. The van der Waals surface area contributed by atoms with Crippen LogP contribution >= 0.6 is 0 Å². The van der Waals surface area contributed by atoms with E-state index < -0.39 is 0 Å². The van der Waals surface area contributed by atoms with E-state index in [1.807, 2.05) is 12.1 Å². The highest BCUT2D eigenvalue weighted by atomic mass is 16.5. The highest BCUT2D eigenvalue weighted by molar-refractivity contribution is 5.97. The summed E-state index contributed by atoms with van der Waals surface area (Å²) in [7, 11) is 5.21. The molecular formula is C20H26N4O3. The van der Waals surface area contributed by atoms with Crippen molar-refractivity contribution in [3.05, 3.63) is 47.7 Å². The second-order valence-electron chi connectivity index (χ2n) is 6.50. The zero-order valence-electron chi connectivity index (χ0n) is 16.1. The van der Waals surface area contributed by atoms with Crippen LogP contribution < -0.4 is 19.7 Å². The number of hydrogen-bond donors (Lipinski definition) is 1. The summed E-state index contributed by atoms with van der Waals surface area (Å²) in [6, 6.07) is 9.16. The predicted octanol–water partition coefficient (Wildman–Crippen LogP) is 1.78. The van der Waals surface area contributed by atoms with Crippen molar-refractivity contribution in [2.45, 2.75) is 6.54 Å². The Morgan fingerprint density at radius 1 is 1.11 bits per heavy atom. The van der Waals surface area contributed by atoms with Crippen LogP contribution in [0.15, 0.2) is 36.5 Å². The Morgan fingerprint density at radius 3 is 2.59 bits per heavy atom. The van der Waals surface area contributed by atoms with Gasteiger partial charge in [-0.1, -0.05) is 12.1 Å². The number of hydrogen-bond acceptors (Lipinski definition) is 6. The maximum Gasteiger partial charge on any atom is 0.255 e. The van der Waals surface area contributed by atoms with Gasteiger partial charge in [0.15, 0.2) is 11.5 Å². The van der Waals surface area contributed by atoms with E-state index in [0.717, 1.165) is 37.6 Å². The fraction of sp³-hybridized carbons (Fsp3) is 0.400. The molecule has 0 bridgehead atoms. The van der Waals surface area contributed by atoms with Gasteiger partial charge in [0.2, 0.25) is 0 Å². The standard InChI is InChI=1S/C20H26N4O3/c1-23-10-12-24(13-11-23)19-15(6-5-9-21-19)14-22-20(25)16-7-4-8-17(26-2)18(16)27-3/h4-9H,10-14H2,1-3H3,(H,22,25). The highest BCUT2D eigenvalue weighted by Crippen LogP contribution is 2.30. The molecule has 7 nitrogen and oxygen atoms in total. The number of benzene rings is 1. The van der Waals surface area contributed by atoms with E-state index in [1.54, 1.807) is 31.5 Å². The van der Waals surface area contributed by atoms with Crippen molar-refractivity contribution in [3.8, 4) is 11.5 Å². The van der Waals surface area contributed by atoms with E-state index in [9.17, 15) is 4.79 Å². The van der Waals surface area contributed by atoms with Gasteiger partial charge in [-0.25, -0.2) is 4.98 Å². The average molecular weight is 370 g/mol. The number of carbonyl (C=O) groups excluding carboxylic acids is 1. The Bertz CT molecular complexity index is 789. The number of ether oxygens (including phenoxy) is 2. The Labute approximate surface area is 159 Å². The summed E-state index contributed by atoms with van der Waals surface area (Å²) in [5.41, 5.74) is 1.44. The number of nitrogens with zero attached hydrogens (tertiary/aromatic N) is 3. The van der Waals surface area contributed by atoms with Crippen molar-refractivity contribution in [1.82, 2.24) is 15.2 Å². The Morgan fingerprint density at radius 2 is 1.89 bits per heavy atom. The number of pyridine rings is 1. The zero-order chi connectivity index (χ0) is 19.2. The van der Waals surface area contributed by atoms with Gasteiger partial charge in [0.05, 0.1) is 19.8 Å². The topological polar surface area (TPSA) is 66.9 Å². The molecule has 1 fully saturated rings. The van der Waals surface area contributed by atoms with Crippen LogP contribution in [0.3, 0.4) is 0 Å². The second-order valence-corrected chi connectivity index (χ2v) is 6.50. The number of para-hydroxylation sites is 1. The first-order valence-corrected chi connectivity index (χ1v) is 9.00. The molecule has 144 valence electrons. The van der Waals surface area contributed by atoms with Gasteiger partial charge < -0.3 is 24.6 Å². The molecule has 0 spiro atoms. The summed E-state index contributed by atoms with van der Waals surface area (Å²) in [6.07, 6.45) is 1.80. The number of nitrogens with one attached hydrogen (secondary N) is 1. The summed E-state index contributed by atoms with van der Waals surface area (Å²) in [5, 5.41) is 2.98. The normalized spacial score (nSPS) is 14.7. The number of anilines is 1.